The second-order valence-corrected chi connectivity index (χ2v) is 4.31. The monoisotopic (exact) mass is 354 g/mol. The minimum atomic E-state index is -5.14. The summed E-state index contributed by atoms with van der Waals surface area (Å²) in [6, 6.07) is 0.921. The maximum atomic E-state index is 12.6. The molecule has 0 aliphatic heterocycles. The number of benzene rings is 1. The van der Waals surface area contributed by atoms with E-state index in [2.05, 4.69) is 15.9 Å². The highest BCUT2D eigenvalue weighted by molar-refractivity contribution is 9.10. The van der Waals surface area contributed by atoms with Crippen LogP contribution in [0.4, 0.5) is 26.3 Å². The number of carbonyl (C=O) groups is 1. The van der Waals surface area contributed by atoms with Gasteiger partial charge in [-0.15, -0.1) is 0 Å². The van der Waals surface area contributed by atoms with Crippen molar-refractivity contribution in [3.8, 4) is 0 Å². The second kappa shape index (κ2) is 4.73. The molecule has 0 aliphatic rings. The van der Waals surface area contributed by atoms with Crippen molar-refractivity contribution in [3.05, 3.63) is 33.3 Å². The summed E-state index contributed by atoms with van der Waals surface area (Å²) in [5.41, 5.74) is -5.07. The van der Waals surface area contributed by atoms with E-state index in [4.69, 9.17) is 11.6 Å². The van der Waals surface area contributed by atoms with E-state index in [0.717, 1.165) is 0 Å². The van der Waals surface area contributed by atoms with Gasteiger partial charge in [-0.05, 0) is 23.7 Å². The Labute approximate surface area is 110 Å². The van der Waals surface area contributed by atoms with E-state index in [9.17, 15) is 31.1 Å². The number of hydrogen-bond donors (Lipinski definition) is 0. The molecule has 18 heavy (non-hydrogen) atoms. The zero-order valence-corrected chi connectivity index (χ0v) is 10.4. The number of alkyl halides is 6. The molecular weight excluding hydrogens is 353 g/mol. The molecule has 0 unspecified atom stereocenters. The van der Waals surface area contributed by atoms with Gasteiger partial charge in [0.15, 0.2) is 0 Å². The van der Waals surface area contributed by atoms with E-state index in [0.29, 0.717) is 12.1 Å². The van der Waals surface area contributed by atoms with Crippen LogP contribution in [0, 0.1) is 0 Å². The van der Waals surface area contributed by atoms with E-state index in [1.165, 1.54) is 0 Å². The summed E-state index contributed by atoms with van der Waals surface area (Å²) < 4.78 is 74.7. The van der Waals surface area contributed by atoms with Crippen LogP contribution in [-0.4, -0.2) is 5.24 Å². The van der Waals surface area contributed by atoms with Crippen molar-refractivity contribution < 1.29 is 31.1 Å². The van der Waals surface area contributed by atoms with Crippen LogP contribution in [0.2, 0.25) is 0 Å². The minimum absolute atomic E-state index is 0.356. The fraction of sp³-hybridized carbons (Fsp3) is 0.222. The zero-order valence-electron chi connectivity index (χ0n) is 8.09. The van der Waals surface area contributed by atoms with Crippen molar-refractivity contribution in [3.63, 3.8) is 0 Å². The van der Waals surface area contributed by atoms with Gasteiger partial charge in [0.05, 0.1) is 16.7 Å². The minimum Gasteiger partial charge on any atom is -0.276 e. The molecule has 0 heterocycles. The van der Waals surface area contributed by atoms with Crippen molar-refractivity contribution >= 4 is 32.8 Å². The van der Waals surface area contributed by atoms with Crippen molar-refractivity contribution in [2.75, 3.05) is 0 Å². The molecule has 1 aromatic carbocycles. The Bertz CT molecular complexity index is 493. The van der Waals surface area contributed by atoms with Crippen molar-refractivity contribution in [1.29, 1.82) is 0 Å². The summed E-state index contributed by atoms with van der Waals surface area (Å²) >= 11 is 7.29. The van der Waals surface area contributed by atoms with E-state index < -0.39 is 38.8 Å². The van der Waals surface area contributed by atoms with Crippen LogP contribution in [0.25, 0.3) is 0 Å². The largest absolute Gasteiger partial charge is 0.418 e. The van der Waals surface area contributed by atoms with E-state index in [1.807, 2.05) is 0 Å². The van der Waals surface area contributed by atoms with Crippen LogP contribution >= 0.6 is 27.5 Å². The molecule has 0 aliphatic carbocycles. The van der Waals surface area contributed by atoms with Crippen molar-refractivity contribution in [2.45, 2.75) is 12.4 Å². The summed E-state index contributed by atoms with van der Waals surface area (Å²) in [7, 11) is 0. The summed E-state index contributed by atoms with van der Waals surface area (Å²) in [5.74, 6) is 0. The average Bonchev–Trinajstić information content (AvgIpc) is 2.12. The average molecular weight is 355 g/mol. The fourth-order valence-corrected chi connectivity index (χ4v) is 2.05. The highest BCUT2D eigenvalue weighted by atomic mass is 79.9. The Balaban J connectivity index is 3.76. The first-order valence-electron chi connectivity index (χ1n) is 4.13. The van der Waals surface area contributed by atoms with Crippen LogP contribution < -0.4 is 0 Å². The van der Waals surface area contributed by atoms with E-state index >= 15 is 0 Å². The lowest BCUT2D eigenvalue weighted by atomic mass is 10.0. The quantitative estimate of drug-likeness (QED) is 0.519. The molecule has 0 aromatic heterocycles. The van der Waals surface area contributed by atoms with Gasteiger partial charge in [0.25, 0.3) is 5.24 Å². The Morgan fingerprint density at radius 3 is 1.89 bits per heavy atom. The van der Waals surface area contributed by atoms with E-state index in [1.54, 1.807) is 0 Å². The summed E-state index contributed by atoms with van der Waals surface area (Å²) in [5, 5.41) is -1.82. The smallest absolute Gasteiger partial charge is 0.276 e. The molecule has 0 N–H and O–H groups in total. The summed E-state index contributed by atoms with van der Waals surface area (Å²) in [4.78, 5) is 10.9. The van der Waals surface area contributed by atoms with Gasteiger partial charge in [-0.2, -0.15) is 26.3 Å². The molecule has 0 atom stereocenters. The van der Waals surface area contributed by atoms with Crippen molar-refractivity contribution in [2.24, 2.45) is 0 Å². The maximum Gasteiger partial charge on any atom is 0.418 e. The van der Waals surface area contributed by atoms with Crippen LogP contribution in [0.1, 0.15) is 21.5 Å². The lowest BCUT2D eigenvalue weighted by Gasteiger charge is -2.17. The number of hydrogen-bond acceptors (Lipinski definition) is 1. The Morgan fingerprint density at radius 1 is 1.06 bits per heavy atom. The van der Waals surface area contributed by atoms with Crippen LogP contribution in [-0.2, 0) is 12.4 Å². The van der Waals surface area contributed by atoms with Gasteiger partial charge in [-0.1, -0.05) is 15.9 Å². The first kappa shape index (κ1) is 15.3. The SMILES string of the molecule is O=C(Cl)c1c(C(F)(F)F)ccc(Br)c1C(F)(F)F. The Kier molecular flexibility index (Phi) is 4.02. The number of halogens is 8. The third-order valence-corrected chi connectivity index (χ3v) is 2.79. The molecule has 0 bridgehead atoms. The maximum absolute atomic E-state index is 12.6. The molecule has 1 aromatic rings. The van der Waals surface area contributed by atoms with Gasteiger partial charge in [-0.25, -0.2) is 0 Å². The van der Waals surface area contributed by atoms with Crippen LogP contribution in [0.5, 0.6) is 0 Å². The predicted molar refractivity (Wildman–Crippen MR) is 54.3 cm³/mol. The van der Waals surface area contributed by atoms with Gasteiger partial charge in [0.2, 0.25) is 0 Å². The standard InChI is InChI=1S/C9H2BrClF6O/c10-4-2-1-3(8(12,13)14)5(7(11)18)6(4)9(15,16)17/h1-2H. The molecule has 1 nitrogen and oxygen atoms in total. The highest BCUT2D eigenvalue weighted by Crippen LogP contribution is 2.43. The number of rotatable bonds is 1. The molecule has 0 saturated carbocycles. The van der Waals surface area contributed by atoms with Gasteiger partial charge >= 0.3 is 12.4 Å². The highest BCUT2D eigenvalue weighted by Gasteiger charge is 2.44. The van der Waals surface area contributed by atoms with Crippen LogP contribution in [0.3, 0.4) is 0 Å². The number of carbonyl (C=O) groups excluding carboxylic acids is 1. The molecule has 0 amide bonds. The Morgan fingerprint density at radius 2 is 1.56 bits per heavy atom. The van der Waals surface area contributed by atoms with E-state index in [-0.39, 0.29) is 0 Å². The van der Waals surface area contributed by atoms with Gasteiger partial charge in [-0.3, -0.25) is 4.79 Å². The first-order chi connectivity index (χ1) is 7.96. The third kappa shape index (κ3) is 2.97. The molecule has 0 spiro atoms. The molecule has 0 saturated heterocycles. The zero-order chi connectivity index (χ0) is 14.3. The lowest BCUT2D eigenvalue weighted by molar-refractivity contribution is -0.143. The van der Waals surface area contributed by atoms with Gasteiger partial charge in [0, 0.05) is 4.47 Å². The third-order valence-electron chi connectivity index (χ3n) is 1.94. The van der Waals surface area contributed by atoms with Gasteiger partial charge in [0.1, 0.15) is 0 Å². The van der Waals surface area contributed by atoms with Crippen LogP contribution in [0.15, 0.2) is 16.6 Å². The molecule has 0 fully saturated rings. The summed E-state index contributed by atoms with van der Waals surface area (Å²) in [6.07, 6.45) is -10.2. The second-order valence-electron chi connectivity index (χ2n) is 3.11. The first-order valence-corrected chi connectivity index (χ1v) is 5.30. The van der Waals surface area contributed by atoms with Gasteiger partial charge < -0.3 is 0 Å². The molecule has 9 heteroatoms. The summed E-state index contributed by atoms with van der Waals surface area (Å²) in [6.45, 7) is 0. The molecular formula is C9H2BrClF6O. The lowest BCUT2D eigenvalue weighted by Crippen LogP contribution is -2.18. The Hall–Kier alpha value is -0.760. The normalized spacial score (nSPS) is 12.7. The molecule has 0 radical (unpaired) electrons. The van der Waals surface area contributed by atoms with Crippen molar-refractivity contribution in [1.82, 2.24) is 0 Å². The molecule has 100 valence electrons. The topological polar surface area (TPSA) is 17.1 Å². The predicted octanol–water partition coefficient (Wildman–Crippen LogP) is 4.87. The fourth-order valence-electron chi connectivity index (χ4n) is 1.29. The molecule has 1 rings (SSSR count).